The molecule has 0 aliphatic heterocycles. The van der Waals surface area contributed by atoms with Gasteiger partial charge >= 0.3 is 0 Å². The predicted molar refractivity (Wildman–Crippen MR) is 109 cm³/mol. The fourth-order valence-corrected chi connectivity index (χ4v) is 2.97. The maximum atomic E-state index is 13.5. The number of aromatic nitrogens is 2. The van der Waals surface area contributed by atoms with Gasteiger partial charge in [0.1, 0.15) is 23.6 Å². The molecule has 2 aromatic carbocycles. The van der Waals surface area contributed by atoms with Crippen LogP contribution in [0.4, 0.5) is 0 Å². The Morgan fingerprint density at radius 1 is 1.00 bits per heavy atom. The minimum atomic E-state index is -0.510. The van der Waals surface area contributed by atoms with Crippen molar-refractivity contribution in [2.45, 2.75) is 32.9 Å². The van der Waals surface area contributed by atoms with Gasteiger partial charge in [-0.05, 0) is 32.9 Å². The highest BCUT2D eigenvalue weighted by atomic mass is 16.5. The Labute approximate surface area is 170 Å². The first-order valence-corrected chi connectivity index (χ1v) is 9.26. The van der Waals surface area contributed by atoms with Crippen molar-refractivity contribution in [2.75, 3.05) is 14.2 Å². The van der Waals surface area contributed by atoms with Gasteiger partial charge in [-0.1, -0.05) is 41.6 Å². The molecular weight excluding hydrogens is 370 g/mol. The highest BCUT2D eigenvalue weighted by molar-refractivity contribution is 6.00. The first kappa shape index (κ1) is 20.4. The maximum Gasteiger partial charge on any atom is 0.262 e. The molecule has 0 unspecified atom stereocenters. The van der Waals surface area contributed by atoms with E-state index in [1.54, 1.807) is 23.1 Å². The van der Waals surface area contributed by atoms with Crippen molar-refractivity contribution < 1.29 is 18.8 Å². The lowest BCUT2D eigenvalue weighted by Gasteiger charge is -2.35. The molecule has 1 amide bonds. The lowest BCUT2D eigenvalue weighted by atomic mass is 10.0. The minimum absolute atomic E-state index is 0.156. The minimum Gasteiger partial charge on any atom is -0.496 e. The van der Waals surface area contributed by atoms with Crippen molar-refractivity contribution in [3.63, 3.8) is 0 Å². The number of carbonyl (C=O) groups is 1. The summed E-state index contributed by atoms with van der Waals surface area (Å²) in [4.78, 5) is 19.6. The Balaban J connectivity index is 1.95. The number of carbonyl (C=O) groups excluding carboxylic acids is 1. The van der Waals surface area contributed by atoms with Gasteiger partial charge in [-0.15, -0.1) is 0 Å². The molecule has 0 bridgehead atoms. The van der Waals surface area contributed by atoms with E-state index >= 15 is 0 Å². The van der Waals surface area contributed by atoms with Crippen LogP contribution >= 0.6 is 0 Å². The highest BCUT2D eigenvalue weighted by Crippen LogP contribution is 2.32. The smallest absolute Gasteiger partial charge is 0.262 e. The first-order chi connectivity index (χ1) is 13.8. The third-order valence-corrected chi connectivity index (χ3v) is 4.49. The topological polar surface area (TPSA) is 77.7 Å². The molecule has 0 N–H and O–H groups in total. The molecule has 0 saturated carbocycles. The van der Waals surface area contributed by atoms with E-state index in [0.29, 0.717) is 28.8 Å². The van der Waals surface area contributed by atoms with Gasteiger partial charge < -0.3 is 18.9 Å². The standard InChI is InChI=1S/C22H25N3O4/c1-22(2,3)25(21(26)19-16(27-4)12-9-13-17(19)28-5)14-18-23-20(24-29-18)15-10-7-6-8-11-15/h6-13H,14H2,1-5H3. The second kappa shape index (κ2) is 8.34. The third-order valence-electron chi connectivity index (χ3n) is 4.49. The summed E-state index contributed by atoms with van der Waals surface area (Å²) in [5.74, 6) is 1.47. The van der Waals surface area contributed by atoms with Crippen molar-refractivity contribution in [3.05, 3.63) is 60.0 Å². The highest BCUT2D eigenvalue weighted by Gasteiger charge is 2.33. The molecule has 0 fully saturated rings. The van der Waals surface area contributed by atoms with Crippen LogP contribution in [0, 0.1) is 0 Å². The van der Waals surface area contributed by atoms with E-state index in [1.165, 1.54) is 14.2 Å². The molecule has 3 aromatic rings. The Bertz CT molecular complexity index is 955. The van der Waals surface area contributed by atoms with E-state index < -0.39 is 5.54 Å². The van der Waals surface area contributed by atoms with Crippen LogP contribution in [-0.4, -0.2) is 40.7 Å². The normalized spacial score (nSPS) is 11.2. The number of amides is 1. The fraction of sp³-hybridized carbons (Fsp3) is 0.318. The number of hydrogen-bond donors (Lipinski definition) is 0. The summed E-state index contributed by atoms with van der Waals surface area (Å²) in [7, 11) is 3.05. The largest absolute Gasteiger partial charge is 0.496 e. The van der Waals surface area contributed by atoms with Crippen LogP contribution in [0.3, 0.4) is 0 Å². The van der Waals surface area contributed by atoms with Crippen molar-refractivity contribution in [1.29, 1.82) is 0 Å². The summed E-state index contributed by atoms with van der Waals surface area (Å²) in [6.45, 7) is 5.99. The summed E-state index contributed by atoms with van der Waals surface area (Å²) in [6, 6.07) is 14.8. The van der Waals surface area contributed by atoms with Gasteiger partial charge in [0, 0.05) is 11.1 Å². The number of ether oxygens (including phenoxy) is 2. The van der Waals surface area contributed by atoms with Gasteiger partial charge in [0.15, 0.2) is 0 Å². The summed E-state index contributed by atoms with van der Waals surface area (Å²) in [6.07, 6.45) is 0. The molecular formula is C22H25N3O4. The Morgan fingerprint density at radius 3 is 2.17 bits per heavy atom. The lowest BCUT2D eigenvalue weighted by Crippen LogP contribution is -2.45. The Morgan fingerprint density at radius 2 is 1.62 bits per heavy atom. The quantitative estimate of drug-likeness (QED) is 0.623. The molecule has 29 heavy (non-hydrogen) atoms. The molecule has 0 aliphatic carbocycles. The molecule has 0 radical (unpaired) electrons. The Hall–Kier alpha value is -3.35. The number of hydrogen-bond acceptors (Lipinski definition) is 6. The second-order valence-corrected chi connectivity index (χ2v) is 7.48. The van der Waals surface area contributed by atoms with Gasteiger partial charge in [0.25, 0.3) is 5.91 Å². The van der Waals surface area contributed by atoms with Crippen molar-refractivity contribution >= 4 is 5.91 Å². The van der Waals surface area contributed by atoms with Crippen LogP contribution in [-0.2, 0) is 6.54 Å². The molecule has 7 heteroatoms. The van der Waals surface area contributed by atoms with Gasteiger partial charge in [-0.3, -0.25) is 4.79 Å². The van der Waals surface area contributed by atoms with Crippen molar-refractivity contribution in [3.8, 4) is 22.9 Å². The molecule has 1 aromatic heterocycles. The lowest BCUT2D eigenvalue weighted by molar-refractivity contribution is 0.0519. The summed E-state index contributed by atoms with van der Waals surface area (Å²) in [5, 5.41) is 4.05. The number of methoxy groups -OCH3 is 2. The van der Waals surface area contributed by atoms with Crippen LogP contribution in [0.15, 0.2) is 53.1 Å². The SMILES string of the molecule is COc1cccc(OC)c1C(=O)N(Cc1nc(-c2ccccc2)no1)C(C)(C)C. The monoisotopic (exact) mass is 395 g/mol. The molecule has 7 nitrogen and oxygen atoms in total. The molecule has 0 saturated heterocycles. The second-order valence-electron chi connectivity index (χ2n) is 7.48. The van der Waals surface area contributed by atoms with E-state index in [0.717, 1.165) is 5.56 Å². The van der Waals surface area contributed by atoms with Crippen LogP contribution in [0.5, 0.6) is 11.5 Å². The number of rotatable bonds is 6. The molecule has 0 aliphatic rings. The van der Waals surface area contributed by atoms with Gasteiger partial charge in [0.05, 0.1) is 14.2 Å². The van der Waals surface area contributed by atoms with E-state index in [-0.39, 0.29) is 12.5 Å². The van der Waals surface area contributed by atoms with Crippen LogP contribution in [0.1, 0.15) is 37.0 Å². The van der Waals surface area contributed by atoms with Crippen molar-refractivity contribution in [2.24, 2.45) is 0 Å². The zero-order chi connectivity index (χ0) is 21.0. The summed E-state index contributed by atoms with van der Waals surface area (Å²) in [5.41, 5.74) is 0.697. The molecule has 0 atom stereocenters. The molecule has 1 heterocycles. The van der Waals surface area contributed by atoms with E-state index in [4.69, 9.17) is 14.0 Å². The number of nitrogens with zero attached hydrogens (tertiary/aromatic N) is 3. The summed E-state index contributed by atoms with van der Waals surface area (Å²) >= 11 is 0. The molecule has 152 valence electrons. The zero-order valence-electron chi connectivity index (χ0n) is 17.3. The first-order valence-electron chi connectivity index (χ1n) is 9.26. The Kier molecular flexibility index (Phi) is 5.87. The fourth-order valence-electron chi connectivity index (χ4n) is 2.97. The average Bonchev–Trinajstić information content (AvgIpc) is 3.19. The van der Waals surface area contributed by atoms with Gasteiger partial charge in [-0.2, -0.15) is 4.98 Å². The summed E-state index contributed by atoms with van der Waals surface area (Å²) < 4.78 is 16.2. The average molecular weight is 395 g/mol. The molecule has 0 spiro atoms. The van der Waals surface area contributed by atoms with E-state index in [1.807, 2.05) is 51.1 Å². The van der Waals surface area contributed by atoms with E-state index in [2.05, 4.69) is 10.1 Å². The number of benzene rings is 2. The zero-order valence-corrected chi connectivity index (χ0v) is 17.3. The van der Waals surface area contributed by atoms with Crippen molar-refractivity contribution in [1.82, 2.24) is 15.0 Å². The van der Waals surface area contributed by atoms with Crippen LogP contribution in [0.25, 0.3) is 11.4 Å². The third kappa shape index (κ3) is 4.39. The van der Waals surface area contributed by atoms with Crippen LogP contribution in [0.2, 0.25) is 0 Å². The van der Waals surface area contributed by atoms with Gasteiger partial charge in [0.2, 0.25) is 11.7 Å². The predicted octanol–water partition coefficient (Wildman–Crippen LogP) is 4.19. The maximum absolute atomic E-state index is 13.5. The van der Waals surface area contributed by atoms with E-state index in [9.17, 15) is 4.79 Å². The molecule has 3 rings (SSSR count). The van der Waals surface area contributed by atoms with Crippen LogP contribution < -0.4 is 9.47 Å². The van der Waals surface area contributed by atoms with Gasteiger partial charge in [-0.25, -0.2) is 0 Å².